The third-order valence-corrected chi connectivity index (χ3v) is 5.49. The van der Waals surface area contributed by atoms with Gasteiger partial charge in [-0.3, -0.25) is 14.4 Å². The molecule has 0 radical (unpaired) electrons. The van der Waals surface area contributed by atoms with Crippen LogP contribution in [0.3, 0.4) is 0 Å². The van der Waals surface area contributed by atoms with Crippen LogP contribution in [0.1, 0.15) is 40.9 Å². The predicted octanol–water partition coefficient (Wildman–Crippen LogP) is 2.02. The van der Waals surface area contributed by atoms with Crippen molar-refractivity contribution in [3.8, 4) is 5.75 Å². The van der Waals surface area contributed by atoms with Gasteiger partial charge >= 0.3 is 0 Å². The van der Waals surface area contributed by atoms with Crippen LogP contribution in [0.5, 0.6) is 5.75 Å². The fourth-order valence-corrected chi connectivity index (χ4v) is 3.60. The Hall–Kier alpha value is -4.61. The number of aromatic nitrogens is 2. The zero-order valence-corrected chi connectivity index (χ0v) is 21.5. The van der Waals surface area contributed by atoms with Gasteiger partial charge in [-0.15, -0.1) is 0 Å². The minimum Gasteiger partial charge on any atom is -0.494 e. The van der Waals surface area contributed by atoms with Crippen LogP contribution < -0.4 is 15.4 Å². The first-order valence-corrected chi connectivity index (χ1v) is 11.7. The van der Waals surface area contributed by atoms with Gasteiger partial charge in [-0.25, -0.2) is 14.4 Å². The van der Waals surface area contributed by atoms with Gasteiger partial charge in [0.15, 0.2) is 17.7 Å². The van der Waals surface area contributed by atoms with E-state index >= 15 is 0 Å². The predicted molar refractivity (Wildman–Crippen MR) is 137 cm³/mol. The van der Waals surface area contributed by atoms with Gasteiger partial charge in [0.1, 0.15) is 23.8 Å². The number of hydrogen-bond donors (Lipinski definition) is 2. The van der Waals surface area contributed by atoms with Gasteiger partial charge in [0.2, 0.25) is 12.3 Å². The van der Waals surface area contributed by atoms with Crippen LogP contribution >= 0.6 is 0 Å². The summed E-state index contributed by atoms with van der Waals surface area (Å²) >= 11 is 0. The van der Waals surface area contributed by atoms with Gasteiger partial charge in [0.05, 0.1) is 12.8 Å². The van der Waals surface area contributed by atoms with Crippen molar-refractivity contribution in [3.63, 3.8) is 0 Å². The van der Waals surface area contributed by atoms with Crippen LogP contribution in [0.25, 0.3) is 0 Å². The molecular weight excluding hydrogens is 495 g/mol. The number of oxime groups is 1. The maximum Gasteiger partial charge on any atom is 0.270 e. The fourth-order valence-electron chi connectivity index (χ4n) is 3.60. The number of carbonyl (C=O) groups is 3. The van der Waals surface area contributed by atoms with E-state index in [0.29, 0.717) is 41.2 Å². The molecule has 11 nitrogen and oxygen atoms in total. The molecule has 0 spiro atoms. The van der Waals surface area contributed by atoms with Crippen LogP contribution in [0.2, 0.25) is 0 Å². The molecule has 1 atom stereocenters. The third kappa shape index (κ3) is 7.21. The molecule has 3 rings (SSSR count). The molecule has 2 N–H and O–H groups in total. The Kier molecular flexibility index (Phi) is 9.63. The number of hydrogen-bond acceptors (Lipinski definition) is 8. The van der Waals surface area contributed by atoms with E-state index in [0.717, 1.165) is 0 Å². The zero-order valence-electron chi connectivity index (χ0n) is 21.5. The number of halogens is 1. The number of amides is 3. The minimum atomic E-state index is -0.533. The SMILES string of the molecule is C/C=C\C(=C/N(C=O)CC(=O)NC)C1CC(c2cc(C(=O)NCc3ccc(F)c(OC)c3)nc(C)n2)=NO1. The highest BCUT2D eigenvalue weighted by atomic mass is 19.1. The highest BCUT2D eigenvalue weighted by Gasteiger charge is 2.27. The van der Waals surface area contributed by atoms with Gasteiger partial charge < -0.3 is 25.1 Å². The first-order valence-electron chi connectivity index (χ1n) is 11.7. The molecular formula is C26H29FN6O5. The molecule has 0 fully saturated rings. The van der Waals surface area contributed by atoms with Crippen molar-refractivity contribution in [2.24, 2.45) is 5.16 Å². The van der Waals surface area contributed by atoms with Crippen molar-refractivity contribution in [2.45, 2.75) is 32.9 Å². The number of aryl methyl sites for hydroxylation is 1. The molecule has 2 aromatic rings. The lowest BCUT2D eigenvalue weighted by Gasteiger charge is -2.16. The number of nitrogens with one attached hydrogen (secondary N) is 2. The molecule has 0 saturated carbocycles. The lowest BCUT2D eigenvalue weighted by Crippen LogP contribution is -2.32. The second-order valence-corrected chi connectivity index (χ2v) is 8.25. The number of carbonyl (C=O) groups excluding carboxylic acids is 3. The first kappa shape index (κ1) is 28.0. The second-order valence-electron chi connectivity index (χ2n) is 8.25. The summed E-state index contributed by atoms with van der Waals surface area (Å²) in [5.41, 5.74) is 2.33. The Morgan fingerprint density at radius 1 is 1.29 bits per heavy atom. The second kappa shape index (κ2) is 13.1. The molecule has 0 saturated heterocycles. The number of ether oxygens (including phenoxy) is 1. The van der Waals surface area contributed by atoms with E-state index in [4.69, 9.17) is 9.57 Å². The van der Waals surface area contributed by atoms with E-state index < -0.39 is 17.8 Å². The lowest BCUT2D eigenvalue weighted by atomic mass is 10.0. The Balaban J connectivity index is 1.73. The van der Waals surface area contributed by atoms with Crippen LogP contribution in [-0.2, 0) is 21.0 Å². The summed E-state index contributed by atoms with van der Waals surface area (Å²) in [6.45, 7) is 3.47. The average Bonchev–Trinajstić information content (AvgIpc) is 3.41. The Morgan fingerprint density at radius 3 is 2.76 bits per heavy atom. The molecule has 0 bridgehead atoms. The molecule has 38 heavy (non-hydrogen) atoms. The monoisotopic (exact) mass is 524 g/mol. The van der Waals surface area contributed by atoms with Gasteiger partial charge in [-0.2, -0.15) is 0 Å². The van der Waals surface area contributed by atoms with Crippen molar-refractivity contribution < 1.29 is 28.3 Å². The molecule has 2 heterocycles. The Bertz CT molecular complexity index is 1290. The molecule has 1 aliphatic rings. The number of likely N-dealkylation sites (N-methyl/N-ethyl adjacent to an activating group) is 1. The van der Waals surface area contributed by atoms with E-state index in [9.17, 15) is 18.8 Å². The van der Waals surface area contributed by atoms with Crippen LogP contribution in [0, 0.1) is 12.7 Å². The normalized spacial score (nSPS) is 15.0. The number of rotatable bonds is 11. The van der Waals surface area contributed by atoms with Crippen molar-refractivity contribution in [3.05, 3.63) is 76.8 Å². The summed E-state index contributed by atoms with van der Waals surface area (Å²) < 4.78 is 18.6. The highest BCUT2D eigenvalue weighted by molar-refractivity contribution is 6.02. The zero-order chi connectivity index (χ0) is 27.7. The first-order chi connectivity index (χ1) is 18.3. The fraction of sp³-hybridized carbons (Fsp3) is 0.308. The van der Waals surface area contributed by atoms with E-state index in [2.05, 4.69) is 25.8 Å². The minimum absolute atomic E-state index is 0.0851. The van der Waals surface area contributed by atoms with Crippen LogP contribution in [0.15, 0.2) is 53.3 Å². The largest absolute Gasteiger partial charge is 0.494 e. The van der Waals surface area contributed by atoms with E-state index in [-0.39, 0.29) is 30.4 Å². The molecule has 1 aromatic carbocycles. The Labute approximate surface area is 219 Å². The summed E-state index contributed by atoms with van der Waals surface area (Å²) in [5, 5.41) is 9.37. The van der Waals surface area contributed by atoms with Gasteiger partial charge in [-0.05, 0) is 37.6 Å². The third-order valence-electron chi connectivity index (χ3n) is 5.49. The summed E-state index contributed by atoms with van der Waals surface area (Å²) in [4.78, 5) is 51.4. The number of allylic oxidation sites excluding steroid dienone is 1. The molecule has 0 aliphatic carbocycles. The van der Waals surface area contributed by atoms with E-state index in [1.165, 1.54) is 43.5 Å². The summed E-state index contributed by atoms with van der Waals surface area (Å²) in [6, 6.07) is 5.84. The Morgan fingerprint density at radius 2 is 2.08 bits per heavy atom. The molecule has 1 aliphatic heterocycles. The van der Waals surface area contributed by atoms with Crippen LogP contribution in [-0.4, -0.2) is 65.6 Å². The van der Waals surface area contributed by atoms with Gasteiger partial charge in [-0.1, -0.05) is 23.4 Å². The maximum absolute atomic E-state index is 13.6. The number of benzene rings is 1. The van der Waals surface area contributed by atoms with E-state index in [1.807, 2.05) is 6.92 Å². The van der Waals surface area contributed by atoms with Crippen molar-refractivity contribution in [1.29, 1.82) is 0 Å². The maximum atomic E-state index is 13.6. The molecule has 1 aromatic heterocycles. The standard InChI is InChI=1S/C26H29FN6O5/c1-5-6-18(13-33(15-34)14-25(35)28-3)23-11-21(32-38-23)20-10-22(31-16(2)30-20)26(36)29-12-17-7-8-19(27)24(9-17)37-4/h5-10,13,15,23H,11-12,14H2,1-4H3,(H,28,35)(H,29,36)/b6-5-,18-13+. The van der Waals surface area contributed by atoms with Crippen molar-refractivity contribution in [1.82, 2.24) is 25.5 Å². The number of methoxy groups -OCH3 is 1. The summed E-state index contributed by atoms with van der Waals surface area (Å²) in [7, 11) is 2.85. The van der Waals surface area contributed by atoms with Gasteiger partial charge in [0, 0.05) is 31.8 Å². The molecule has 3 amide bonds. The van der Waals surface area contributed by atoms with Crippen molar-refractivity contribution in [2.75, 3.05) is 20.7 Å². The smallest absolute Gasteiger partial charge is 0.270 e. The topological polar surface area (TPSA) is 135 Å². The number of nitrogens with zero attached hydrogens (tertiary/aromatic N) is 4. The molecule has 12 heteroatoms. The molecule has 1 unspecified atom stereocenters. The van der Waals surface area contributed by atoms with Crippen LogP contribution in [0.4, 0.5) is 4.39 Å². The highest BCUT2D eigenvalue weighted by Crippen LogP contribution is 2.23. The average molecular weight is 525 g/mol. The van der Waals surface area contributed by atoms with Gasteiger partial charge in [0.25, 0.3) is 5.91 Å². The summed E-state index contributed by atoms with van der Waals surface area (Å²) in [6.07, 6.45) is 5.41. The van der Waals surface area contributed by atoms with Crippen molar-refractivity contribution >= 4 is 23.9 Å². The lowest BCUT2D eigenvalue weighted by molar-refractivity contribution is -0.126. The quantitative estimate of drug-likeness (QED) is 0.339. The van der Waals surface area contributed by atoms with E-state index in [1.54, 1.807) is 25.1 Å². The molecule has 200 valence electrons. The summed E-state index contributed by atoms with van der Waals surface area (Å²) in [5.74, 6) is -0.805.